The van der Waals surface area contributed by atoms with Crippen LogP contribution < -0.4 is 16.6 Å². The average Bonchev–Trinajstić information content (AvgIpc) is 3.26. The molecule has 0 radical (unpaired) electrons. The number of nitrogens with zero attached hydrogens (tertiary/aromatic N) is 8. The van der Waals surface area contributed by atoms with E-state index in [4.69, 9.17) is 22.1 Å². The molecular formula is C22H22ClFN10O3. The van der Waals surface area contributed by atoms with Gasteiger partial charge in [-0.25, -0.2) is 19.3 Å². The Labute approximate surface area is 213 Å². The van der Waals surface area contributed by atoms with Crippen LogP contribution >= 0.6 is 11.6 Å². The largest absolute Gasteiger partial charge is 0.469 e. The molecular weight excluding hydrogens is 507 g/mol. The Morgan fingerprint density at radius 3 is 2.76 bits per heavy atom. The number of nitrogens with two attached hydrogens (primary N) is 1. The molecule has 3 heterocycles. The van der Waals surface area contributed by atoms with Gasteiger partial charge in [-0.1, -0.05) is 11.6 Å². The molecule has 0 bridgehead atoms. The molecule has 1 aliphatic carbocycles. The van der Waals surface area contributed by atoms with E-state index in [-0.39, 0.29) is 57.1 Å². The zero-order valence-electron chi connectivity index (χ0n) is 20.0. The molecule has 4 aromatic rings. The number of esters is 1. The molecule has 0 amide bonds. The van der Waals surface area contributed by atoms with Gasteiger partial charge in [0.1, 0.15) is 40.7 Å². The van der Waals surface area contributed by atoms with Crippen LogP contribution in [0.5, 0.6) is 0 Å². The summed E-state index contributed by atoms with van der Waals surface area (Å²) in [6.07, 6.45) is 1.99. The molecule has 37 heavy (non-hydrogen) atoms. The van der Waals surface area contributed by atoms with Crippen molar-refractivity contribution in [3.05, 3.63) is 45.5 Å². The molecule has 0 saturated heterocycles. The minimum absolute atomic E-state index is 0.0325. The minimum atomic E-state index is -0.686. The quantitative estimate of drug-likeness (QED) is 0.351. The molecule has 1 saturated carbocycles. The Hall–Kier alpha value is -4.20. The first-order chi connectivity index (χ1) is 17.7. The Morgan fingerprint density at radius 1 is 1.32 bits per heavy atom. The fourth-order valence-electron chi connectivity index (χ4n) is 4.45. The van der Waals surface area contributed by atoms with Gasteiger partial charge in [0.2, 0.25) is 5.82 Å². The number of benzene rings is 1. The number of rotatable bonds is 6. The molecule has 5 rings (SSSR count). The predicted molar refractivity (Wildman–Crippen MR) is 131 cm³/mol. The predicted octanol–water partition coefficient (Wildman–Crippen LogP) is 2.05. The maximum Gasteiger partial charge on any atom is 0.308 e. The Bertz CT molecular complexity index is 1580. The van der Waals surface area contributed by atoms with Gasteiger partial charge in [0.05, 0.1) is 36.5 Å². The van der Waals surface area contributed by atoms with E-state index in [1.165, 1.54) is 28.9 Å². The number of hydrogen-bond donors (Lipinski definition) is 2. The fourth-order valence-corrected chi connectivity index (χ4v) is 4.68. The number of ether oxygens (including phenoxy) is 1. The Balaban J connectivity index is 1.61. The van der Waals surface area contributed by atoms with E-state index in [0.717, 1.165) is 6.07 Å². The lowest BCUT2D eigenvalue weighted by Gasteiger charge is -2.36. The molecule has 1 atom stereocenters. The SMILES string of the molecule is COC(=O)C1CC(n2c([C@H](C)Nc3ncnc(N)c3-c3nnn(C)n3)nc3c(F)ccc(Cl)c3c2=O)C1. The molecule has 1 fully saturated rings. The number of carbonyl (C=O) groups excluding carboxylic acids is 1. The summed E-state index contributed by atoms with van der Waals surface area (Å²) in [6.45, 7) is 1.73. The maximum atomic E-state index is 14.8. The topological polar surface area (TPSA) is 169 Å². The first kappa shape index (κ1) is 24.5. The van der Waals surface area contributed by atoms with E-state index in [0.29, 0.717) is 18.4 Å². The van der Waals surface area contributed by atoms with Gasteiger partial charge in [-0.2, -0.15) is 4.80 Å². The number of aryl methyl sites for hydroxylation is 1. The van der Waals surface area contributed by atoms with Crippen molar-refractivity contribution in [3.63, 3.8) is 0 Å². The molecule has 13 nitrogen and oxygen atoms in total. The number of aromatic nitrogens is 8. The standard InChI is InChI=1S/C22H22ClFN10O3/c1-9(28-18-15(17(25)26-8-27-18)19-30-32-33(2)31-19)20-29-16-13(24)5-4-12(23)14(16)21(35)34(20)11-6-10(7-11)22(36)37-3/h4-5,8-11H,6-7H2,1-3H3,(H3,25,26,27,28)/t9-,10?,11?/m0/s1. The normalized spacial score (nSPS) is 17.9. The van der Waals surface area contributed by atoms with Crippen LogP contribution in [0.15, 0.2) is 23.3 Å². The average molecular weight is 529 g/mol. The second-order valence-corrected chi connectivity index (χ2v) is 9.10. The highest BCUT2D eigenvalue weighted by molar-refractivity contribution is 6.35. The number of carbonyl (C=O) groups is 1. The monoisotopic (exact) mass is 528 g/mol. The number of fused-ring (bicyclic) bond motifs is 1. The van der Waals surface area contributed by atoms with Crippen molar-refractivity contribution in [1.82, 2.24) is 39.7 Å². The Morgan fingerprint density at radius 2 is 2.08 bits per heavy atom. The molecule has 15 heteroatoms. The Kier molecular flexibility index (Phi) is 6.19. The van der Waals surface area contributed by atoms with E-state index in [1.54, 1.807) is 14.0 Å². The molecule has 0 aliphatic heterocycles. The lowest BCUT2D eigenvalue weighted by atomic mass is 9.80. The molecule has 0 unspecified atom stereocenters. The van der Waals surface area contributed by atoms with Crippen LogP contribution in [0, 0.1) is 11.7 Å². The van der Waals surface area contributed by atoms with Crippen molar-refractivity contribution >= 4 is 40.1 Å². The van der Waals surface area contributed by atoms with Gasteiger partial charge < -0.3 is 15.8 Å². The maximum absolute atomic E-state index is 14.8. The number of hydrogen-bond acceptors (Lipinski definition) is 11. The highest BCUT2D eigenvalue weighted by Gasteiger charge is 2.39. The molecule has 0 spiro atoms. The van der Waals surface area contributed by atoms with E-state index in [1.807, 2.05) is 0 Å². The summed E-state index contributed by atoms with van der Waals surface area (Å²) in [5.41, 5.74) is 5.73. The van der Waals surface area contributed by atoms with Crippen LogP contribution in [0.4, 0.5) is 16.0 Å². The second kappa shape index (κ2) is 9.35. The van der Waals surface area contributed by atoms with Crippen LogP contribution in [-0.4, -0.2) is 52.8 Å². The van der Waals surface area contributed by atoms with Gasteiger partial charge in [0.25, 0.3) is 5.56 Å². The van der Waals surface area contributed by atoms with Gasteiger partial charge in [0.15, 0.2) is 0 Å². The van der Waals surface area contributed by atoms with Crippen molar-refractivity contribution in [2.24, 2.45) is 13.0 Å². The van der Waals surface area contributed by atoms with E-state index in [9.17, 15) is 14.0 Å². The fraction of sp³-hybridized carbons (Fsp3) is 0.364. The van der Waals surface area contributed by atoms with Crippen LogP contribution in [0.1, 0.15) is 37.7 Å². The highest BCUT2D eigenvalue weighted by atomic mass is 35.5. The smallest absolute Gasteiger partial charge is 0.308 e. The summed E-state index contributed by atoms with van der Waals surface area (Å²) >= 11 is 6.28. The minimum Gasteiger partial charge on any atom is -0.469 e. The zero-order valence-corrected chi connectivity index (χ0v) is 20.8. The number of nitrogens with one attached hydrogen (secondary N) is 1. The molecule has 1 aliphatic rings. The van der Waals surface area contributed by atoms with E-state index < -0.39 is 17.4 Å². The lowest BCUT2D eigenvalue weighted by molar-refractivity contribution is -0.149. The molecule has 3 aromatic heterocycles. The summed E-state index contributed by atoms with van der Waals surface area (Å²) in [5, 5.41) is 15.2. The van der Waals surface area contributed by atoms with Crippen LogP contribution in [0.25, 0.3) is 22.3 Å². The van der Waals surface area contributed by atoms with Crippen molar-refractivity contribution in [2.45, 2.75) is 31.8 Å². The van der Waals surface area contributed by atoms with Crippen LogP contribution in [0.3, 0.4) is 0 Å². The summed E-state index contributed by atoms with van der Waals surface area (Å²) in [5.74, 6) is -0.603. The molecule has 3 N–H and O–H groups in total. The van der Waals surface area contributed by atoms with Crippen molar-refractivity contribution in [2.75, 3.05) is 18.2 Å². The summed E-state index contributed by atoms with van der Waals surface area (Å²) in [4.78, 5) is 39.7. The molecule has 192 valence electrons. The van der Waals surface area contributed by atoms with Crippen LogP contribution in [-0.2, 0) is 16.6 Å². The zero-order chi connectivity index (χ0) is 26.4. The molecule has 1 aromatic carbocycles. The van der Waals surface area contributed by atoms with Gasteiger partial charge in [0, 0.05) is 6.04 Å². The van der Waals surface area contributed by atoms with Crippen molar-refractivity contribution in [3.8, 4) is 11.4 Å². The van der Waals surface area contributed by atoms with Gasteiger partial charge in [-0.3, -0.25) is 14.2 Å². The second-order valence-electron chi connectivity index (χ2n) is 8.69. The summed E-state index contributed by atoms with van der Waals surface area (Å²) < 4.78 is 21.1. The van der Waals surface area contributed by atoms with Crippen molar-refractivity contribution < 1.29 is 13.9 Å². The van der Waals surface area contributed by atoms with E-state index in [2.05, 4.69) is 35.7 Å². The number of halogens is 2. The van der Waals surface area contributed by atoms with Gasteiger partial charge in [-0.15, -0.1) is 10.2 Å². The third kappa shape index (κ3) is 4.22. The number of anilines is 2. The van der Waals surface area contributed by atoms with Gasteiger partial charge >= 0.3 is 5.97 Å². The number of methoxy groups -OCH3 is 1. The van der Waals surface area contributed by atoms with Crippen molar-refractivity contribution in [1.29, 1.82) is 0 Å². The van der Waals surface area contributed by atoms with Crippen LogP contribution in [0.2, 0.25) is 5.02 Å². The van der Waals surface area contributed by atoms with E-state index >= 15 is 0 Å². The third-order valence-electron chi connectivity index (χ3n) is 6.35. The lowest BCUT2D eigenvalue weighted by Crippen LogP contribution is -2.40. The third-order valence-corrected chi connectivity index (χ3v) is 6.66. The number of nitrogen functional groups attached to an aromatic ring is 1. The van der Waals surface area contributed by atoms with Gasteiger partial charge in [-0.05, 0) is 37.1 Å². The highest BCUT2D eigenvalue weighted by Crippen LogP contribution is 2.40. The summed E-state index contributed by atoms with van der Waals surface area (Å²) in [7, 11) is 2.92. The first-order valence-electron chi connectivity index (χ1n) is 11.3. The number of tetrazole rings is 1. The summed E-state index contributed by atoms with van der Waals surface area (Å²) in [6, 6.07) is 1.42. The first-order valence-corrected chi connectivity index (χ1v) is 11.7.